The number of rotatable bonds is 8. The fourth-order valence-corrected chi connectivity index (χ4v) is 3.74. The number of hydrogen-bond donors (Lipinski definition) is 4. The van der Waals surface area contributed by atoms with E-state index in [1.807, 2.05) is 18.2 Å². The highest BCUT2D eigenvalue weighted by molar-refractivity contribution is 6.23. The fourth-order valence-electron chi connectivity index (χ4n) is 3.74. The number of piperidine rings is 1. The normalized spacial score (nSPS) is 16.1. The van der Waals surface area contributed by atoms with Crippen LogP contribution in [0.1, 0.15) is 24.8 Å². The van der Waals surface area contributed by atoms with Gasteiger partial charge in [0.1, 0.15) is 11.7 Å². The number of primary amides is 1. The second-order valence-corrected chi connectivity index (χ2v) is 7.95. The molecule has 0 radical (unpaired) electrons. The summed E-state index contributed by atoms with van der Waals surface area (Å²) in [5, 5.41) is 23.6. The van der Waals surface area contributed by atoms with Crippen molar-refractivity contribution in [2.45, 2.75) is 31.3 Å². The lowest BCUT2D eigenvalue weighted by molar-refractivity contribution is -0.114. The number of nitrogens with zero attached hydrogens (tertiary/aromatic N) is 2. The minimum atomic E-state index is -0.772. The molecule has 0 saturated carbocycles. The summed E-state index contributed by atoms with van der Waals surface area (Å²) in [4.78, 5) is 14.3. The third-order valence-electron chi connectivity index (χ3n) is 5.65. The molecule has 1 saturated heterocycles. The number of carbonyl (C=O) groups is 1. The standard InChI is InChI=1S/C24H27FN6O/c25-19-6-8-20(9-7-19)30-22(27)21(23(28)32)16-29-24(10-13-26)11-14-31(15-12-24)17-18-4-2-1-3-5-18/h1-9,16,29H,10-12,14-15,17H2,(H2,27,30)(H2,28,32)/b21-16+. The van der Waals surface area contributed by atoms with Gasteiger partial charge in [0.2, 0.25) is 0 Å². The first-order valence-electron chi connectivity index (χ1n) is 10.4. The van der Waals surface area contributed by atoms with E-state index < -0.39 is 17.3 Å². The molecule has 1 amide bonds. The van der Waals surface area contributed by atoms with Crippen LogP contribution in [0.4, 0.5) is 10.1 Å². The lowest BCUT2D eigenvalue weighted by Crippen LogP contribution is -2.51. The molecule has 1 fully saturated rings. The Bertz CT molecular complexity index is 1010. The summed E-state index contributed by atoms with van der Waals surface area (Å²) in [6.07, 6.45) is 3.13. The SMILES string of the molecule is N#CCC1(N/C=C(\C(=N)Nc2ccc(F)cc2)C(N)=O)CCN(Cc2ccccc2)CC1. The van der Waals surface area contributed by atoms with E-state index >= 15 is 0 Å². The van der Waals surface area contributed by atoms with E-state index in [-0.39, 0.29) is 17.8 Å². The predicted molar refractivity (Wildman–Crippen MR) is 122 cm³/mol. The van der Waals surface area contributed by atoms with Gasteiger partial charge in [0.15, 0.2) is 0 Å². The number of nitriles is 1. The van der Waals surface area contributed by atoms with Gasteiger partial charge < -0.3 is 16.4 Å². The number of nitrogens with two attached hydrogens (primary N) is 1. The second kappa shape index (κ2) is 10.6. The van der Waals surface area contributed by atoms with Crippen LogP contribution in [0.5, 0.6) is 0 Å². The molecule has 166 valence electrons. The molecule has 0 bridgehead atoms. The summed E-state index contributed by atoms with van der Waals surface area (Å²) in [7, 11) is 0. The molecule has 7 nitrogen and oxygen atoms in total. The number of anilines is 1. The average Bonchev–Trinajstić information content (AvgIpc) is 2.78. The van der Waals surface area contributed by atoms with Crippen LogP contribution in [0.2, 0.25) is 0 Å². The molecule has 5 N–H and O–H groups in total. The minimum absolute atomic E-state index is 0.0432. The molecule has 32 heavy (non-hydrogen) atoms. The maximum absolute atomic E-state index is 13.1. The Balaban J connectivity index is 1.66. The molecule has 0 unspecified atom stereocenters. The van der Waals surface area contributed by atoms with Gasteiger partial charge in [0.25, 0.3) is 5.91 Å². The lowest BCUT2D eigenvalue weighted by atomic mass is 9.84. The number of halogens is 1. The van der Waals surface area contributed by atoms with Crippen LogP contribution in [0, 0.1) is 22.6 Å². The summed E-state index contributed by atoms with van der Waals surface area (Å²) in [5.41, 5.74) is 6.65. The van der Waals surface area contributed by atoms with Gasteiger partial charge in [-0.3, -0.25) is 15.1 Å². The van der Waals surface area contributed by atoms with Crippen molar-refractivity contribution in [3.8, 4) is 6.07 Å². The third kappa shape index (κ3) is 6.15. The number of hydrogen-bond acceptors (Lipinski definition) is 5. The Labute approximate surface area is 187 Å². The van der Waals surface area contributed by atoms with Crippen molar-refractivity contribution in [3.63, 3.8) is 0 Å². The maximum Gasteiger partial charge on any atom is 0.253 e. The lowest BCUT2D eigenvalue weighted by Gasteiger charge is -2.41. The molecular weight excluding hydrogens is 407 g/mol. The number of amides is 1. The van der Waals surface area contributed by atoms with E-state index in [9.17, 15) is 14.4 Å². The van der Waals surface area contributed by atoms with Crippen molar-refractivity contribution < 1.29 is 9.18 Å². The van der Waals surface area contributed by atoms with Gasteiger partial charge in [-0.05, 0) is 42.7 Å². The number of nitrogens with one attached hydrogen (secondary N) is 3. The van der Waals surface area contributed by atoms with E-state index in [1.54, 1.807) is 0 Å². The van der Waals surface area contributed by atoms with Gasteiger partial charge in [-0.1, -0.05) is 30.3 Å². The molecule has 0 atom stereocenters. The third-order valence-corrected chi connectivity index (χ3v) is 5.65. The monoisotopic (exact) mass is 434 g/mol. The topological polar surface area (TPSA) is 118 Å². The van der Waals surface area contributed by atoms with Crippen LogP contribution >= 0.6 is 0 Å². The first kappa shape index (κ1) is 23.0. The van der Waals surface area contributed by atoms with Crippen molar-refractivity contribution >= 4 is 17.4 Å². The van der Waals surface area contributed by atoms with E-state index in [1.165, 1.54) is 36.0 Å². The Morgan fingerprint density at radius 2 is 1.84 bits per heavy atom. The maximum atomic E-state index is 13.1. The van der Waals surface area contributed by atoms with Gasteiger partial charge in [-0.15, -0.1) is 0 Å². The summed E-state index contributed by atoms with van der Waals surface area (Å²) >= 11 is 0. The molecule has 1 heterocycles. The molecule has 1 aliphatic rings. The highest BCUT2D eigenvalue weighted by Gasteiger charge is 2.34. The minimum Gasteiger partial charge on any atom is -0.384 e. The van der Waals surface area contributed by atoms with E-state index in [0.717, 1.165) is 19.6 Å². The van der Waals surface area contributed by atoms with Crippen LogP contribution in [-0.2, 0) is 11.3 Å². The van der Waals surface area contributed by atoms with E-state index in [0.29, 0.717) is 18.5 Å². The summed E-state index contributed by atoms with van der Waals surface area (Å²) < 4.78 is 13.1. The number of benzene rings is 2. The zero-order valence-electron chi connectivity index (χ0n) is 17.8. The van der Waals surface area contributed by atoms with E-state index in [2.05, 4.69) is 33.7 Å². The first-order chi connectivity index (χ1) is 15.4. The van der Waals surface area contributed by atoms with Crippen LogP contribution < -0.4 is 16.4 Å². The van der Waals surface area contributed by atoms with Crippen molar-refractivity contribution in [3.05, 3.63) is 77.8 Å². The van der Waals surface area contributed by atoms with Crippen molar-refractivity contribution in [2.24, 2.45) is 5.73 Å². The van der Waals surface area contributed by atoms with E-state index in [4.69, 9.17) is 11.1 Å². The van der Waals surface area contributed by atoms with Crippen molar-refractivity contribution in [2.75, 3.05) is 18.4 Å². The second-order valence-electron chi connectivity index (χ2n) is 7.95. The number of likely N-dealkylation sites (tertiary alicyclic amines) is 1. The summed E-state index contributed by atoms with van der Waals surface area (Å²) in [5.74, 6) is -1.37. The van der Waals surface area contributed by atoms with Gasteiger partial charge in [-0.25, -0.2) is 4.39 Å². The van der Waals surface area contributed by atoms with Gasteiger partial charge >= 0.3 is 0 Å². The molecular formula is C24H27FN6O. The fraction of sp³-hybridized carbons (Fsp3) is 0.292. The molecule has 8 heteroatoms. The highest BCUT2D eigenvalue weighted by atomic mass is 19.1. The van der Waals surface area contributed by atoms with Crippen LogP contribution in [0.25, 0.3) is 0 Å². The van der Waals surface area contributed by atoms with Crippen LogP contribution in [0.3, 0.4) is 0 Å². The zero-order valence-corrected chi connectivity index (χ0v) is 17.8. The van der Waals surface area contributed by atoms with Gasteiger partial charge in [-0.2, -0.15) is 5.26 Å². The average molecular weight is 435 g/mol. The highest BCUT2D eigenvalue weighted by Crippen LogP contribution is 2.27. The van der Waals surface area contributed by atoms with Crippen LogP contribution in [-0.4, -0.2) is 35.3 Å². The Morgan fingerprint density at radius 3 is 2.44 bits per heavy atom. The Kier molecular flexibility index (Phi) is 7.58. The summed E-state index contributed by atoms with van der Waals surface area (Å²) in [6.45, 7) is 2.45. The Hall–Kier alpha value is -3.70. The quantitative estimate of drug-likeness (QED) is 0.289. The summed E-state index contributed by atoms with van der Waals surface area (Å²) in [6, 6.07) is 17.9. The molecule has 3 rings (SSSR count). The Morgan fingerprint density at radius 1 is 1.19 bits per heavy atom. The molecule has 0 aliphatic carbocycles. The van der Waals surface area contributed by atoms with Crippen molar-refractivity contribution in [1.82, 2.24) is 10.2 Å². The van der Waals surface area contributed by atoms with Gasteiger partial charge in [0.05, 0.1) is 23.6 Å². The smallest absolute Gasteiger partial charge is 0.253 e. The molecule has 0 aromatic heterocycles. The zero-order chi connectivity index (χ0) is 23.0. The number of carbonyl (C=O) groups excluding carboxylic acids is 1. The molecule has 1 aliphatic heterocycles. The van der Waals surface area contributed by atoms with Gasteiger partial charge in [0, 0.05) is 31.5 Å². The number of amidine groups is 1. The molecule has 2 aromatic carbocycles. The predicted octanol–water partition coefficient (Wildman–Crippen LogP) is 3.12. The van der Waals surface area contributed by atoms with Crippen LogP contribution in [0.15, 0.2) is 66.4 Å². The largest absolute Gasteiger partial charge is 0.384 e. The molecule has 2 aromatic rings. The molecule has 0 spiro atoms. The first-order valence-corrected chi connectivity index (χ1v) is 10.4. The van der Waals surface area contributed by atoms with Crippen molar-refractivity contribution in [1.29, 1.82) is 10.7 Å².